The number of ether oxygens (including phenoxy) is 3. The fraction of sp³-hybridized carbons (Fsp3) is 0.667. The Kier molecular flexibility index (Phi) is 10.7. The topological polar surface area (TPSA) is 60.8 Å². The summed E-state index contributed by atoms with van der Waals surface area (Å²) in [6.45, 7) is 8.26. The summed E-state index contributed by atoms with van der Waals surface area (Å²) in [5.41, 5.74) is 1.75. The monoisotopic (exact) mass is 429 g/mol. The summed E-state index contributed by atoms with van der Waals surface area (Å²) >= 11 is 7.82. The van der Waals surface area contributed by atoms with Crippen LogP contribution in [0.15, 0.2) is 22.1 Å². The number of aliphatic hydroxyl groups is 1. The smallest absolute Gasteiger partial charge is 0.157 e. The molecule has 3 atom stereocenters. The van der Waals surface area contributed by atoms with E-state index in [1.165, 1.54) is 6.42 Å². The van der Waals surface area contributed by atoms with Gasteiger partial charge in [0.1, 0.15) is 0 Å². The molecule has 1 aliphatic rings. The Hall–Kier alpha value is -0.760. The van der Waals surface area contributed by atoms with Crippen molar-refractivity contribution in [2.75, 3.05) is 26.4 Å². The third-order valence-electron chi connectivity index (χ3n) is 4.45. The van der Waals surface area contributed by atoms with Crippen LogP contribution < -0.4 is 0 Å². The highest BCUT2D eigenvalue weighted by atomic mass is 35.5. The first kappa shape index (κ1) is 23.5. The Morgan fingerprint density at radius 1 is 1.46 bits per heavy atom. The normalized spacial score (nSPS) is 21.0. The van der Waals surface area contributed by atoms with Gasteiger partial charge in [-0.2, -0.15) is 0 Å². The summed E-state index contributed by atoms with van der Waals surface area (Å²) in [7, 11) is 0. The van der Waals surface area contributed by atoms with Crippen LogP contribution in [0.1, 0.15) is 50.2 Å². The first-order valence-electron chi connectivity index (χ1n) is 9.88. The van der Waals surface area contributed by atoms with Crippen LogP contribution in [0.2, 0.25) is 0 Å². The largest absolute Gasteiger partial charge is 0.388 e. The minimum atomic E-state index is -0.585. The van der Waals surface area contributed by atoms with Gasteiger partial charge in [-0.3, -0.25) is 0 Å². The Balaban J connectivity index is 1.62. The third kappa shape index (κ3) is 9.16. The van der Waals surface area contributed by atoms with Gasteiger partial charge in [0, 0.05) is 22.9 Å². The minimum absolute atomic E-state index is 0.0642. The Labute approximate surface area is 177 Å². The van der Waals surface area contributed by atoms with E-state index in [1.807, 2.05) is 31.4 Å². The van der Waals surface area contributed by atoms with Gasteiger partial charge >= 0.3 is 0 Å². The van der Waals surface area contributed by atoms with Crippen LogP contribution in [0.25, 0.3) is 6.08 Å². The van der Waals surface area contributed by atoms with Gasteiger partial charge in [0.2, 0.25) is 0 Å². The molecular formula is C21H32ClNO4S. The zero-order chi connectivity index (χ0) is 20.4. The highest BCUT2D eigenvalue weighted by Crippen LogP contribution is 2.17. The molecule has 1 aromatic rings. The van der Waals surface area contributed by atoms with E-state index in [2.05, 4.69) is 11.9 Å². The van der Waals surface area contributed by atoms with Crippen molar-refractivity contribution in [1.29, 1.82) is 0 Å². The van der Waals surface area contributed by atoms with Crippen molar-refractivity contribution in [3.05, 3.63) is 32.8 Å². The first-order valence-corrected chi connectivity index (χ1v) is 11.1. The summed E-state index contributed by atoms with van der Waals surface area (Å²) in [4.78, 5) is 4.38. The lowest BCUT2D eigenvalue weighted by molar-refractivity contribution is -0.170. The van der Waals surface area contributed by atoms with Gasteiger partial charge in [0.25, 0.3) is 0 Å². The molecule has 1 saturated heterocycles. The Morgan fingerprint density at radius 3 is 2.96 bits per heavy atom. The quantitative estimate of drug-likeness (QED) is 0.540. The number of nitrogens with zero attached hydrogens (tertiary/aromatic N) is 1. The van der Waals surface area contributed by atoms with E-state index >= 15 is 0 Å². The van der Waals surface area contributed by atoms with Crippen molar-refractivity contribution >= 4 is 29.0 Å². The van der Waals surface area contributed by atoms with Gasteiger partial charge in [-0.25, -0.2) is 4.98 Å². The van der Waals surface area contributed by atoms with Crippen LogP contribution in [0.4, 0.5) is 0 Å². The molecule has 2 rings (SSSR count). The lowest BCUT2D eigenvalue weighted by Crippen LogP contribution is -2.25. The summed E-state index contributed by atoms with van der Waals surface area (Å²) in [6, 6.07) is 0. The zero-order valence-corrected chi connectivity index (χ0v) is 18.6. The van der Waals surface area contributed by atoms with E-state index in [0.29, 0.717) is 31.3 Å². The predicted molar refractivity (Wildman–Crippen MR) is 115 cm³/mol. The van der Waals surface area contributed by atoms with Gasteiger partial charge in [-0.15, -0.1) is 11.3 Å². The molecule has 0 spiro atoms. The number of hydrogen-bond donors (Lipinski definition) is 1. The van der Waals surface area contributed by atoms with Gasteiger partial charge in [-0.1, -0.05) is 24.6 Å². The molecule has 1 fully saturated rings. The fourth-order valence-corrected chi connectivity index (χ4v) is 3.52. The number of halogens is 1. The van der Waals surface area contributed by atoms with Crippen LogP contribution >= 0.6 is 22.9 Å². The van der Waals surface area contributed by atoms with E-state index in [1.54, 1.807) is 11.3 Å². The highest BCUT2D eigenvalue weighted by molar-refractivity contribution is 7.09. The standard InChI is InChI=1S/C21H32ClNO4S/c1-15(12-27-21-6-4-5-9-26-21)11-25-13-18(22)7-8-20(24)16(2)10-19-14-28-17(3)23-19/h7,10,14-15,20-21,24H,4-6,8-9,11-13H2,1-3H3/t15-,20-,21?/m0/s1. The maximum absolute atomic E-state index is 10.3. The SMILES string of the molecule is CC(=Cc1csc(C)n1)[C@@H](O)CC=C(Cl)COC[C@H](C)COC1CCCCO1. The molecule has 0 bridgehead atoms. The number of rotatable bonds is 11. The van der Waals surface area contributed by atoms with E-state index in [9.17, 15) is 5.11 Å². The lowest BCUT2D eigenvalue weighted by Gasteiger charge is -2.24. The number of aliphatic hydroxyl groups excluding tert-OH is 1. The zero-order valence-electron chi connectivity index (χ0n) is 17.0. The van der Waals surface area contributed by atoms with Crippen molar-refractivity contribution in [1.82, 2.24) is 4.98 Å². The summed E-state index contributed by atoms with van der Waals surface area (Å²) in [5, 5.41) is 13.9. The molecule has 158 valence electrons. The van der Waals surface area contributed by atoms with E-state index in [4.69, 9.17) is 25.8 Å². The molecule has 0 amide bonds. The molecule has 7 heteroatoms. The van der Waals surface area contributed by atoms with Crippen molar-refractivity contribution in [2.45, 2.75) is 58.8 Å². The molecular weight excluding hydrogens is 398 g/mol. The van der Waals surface area contributed by atoms with Crippen molar-refractivity contribution in [3.63, 3.8) is 0 Å². The molecule has 0 aliphatic carbocycles. The van der Waals surface area contributed by atoms with E-state index < -0.39 is 6.10 Å². The summed E-state index contributed by atoms with van der Waals surface area (Å²) in [5.74, 6) is 0.271. The average molecular weight is 430 g/mol. The summed E-state index contributed by atoms with van der Waals surface area (Å²) in [6.07, 6.45) is 6.78. The third-order valence-corrected chi connectivity index (χ3v) is 5.50. The number of aromatic nitrogens is 1. The van der Waals surface area contributed by atoms with Gasteiger partial charge in [0.15, 0.2) is 6.29 Å². The molecule has 1 aromatic heterocycles. The molecule has 1 unspecified atom stereocenters. The lowest BCUT2D eigenvalue weighted by atomic mass is 10.1. The van der Waals surface area contributed by atoms with Crippen LogP contribution in [-0.2, 0) is 14.2 Å². The van der Waals surface area contributed by atoms with E-state index in [0.717, 1.165) is 35.7 Å². The molecule has 0 aromatic carbocycles. The van der Waals surface area contributed by atoms with Gasteiger partial charge in [0.05, 0.1) is 36.6 Å². The average Bonchev–Trinajstić information content (AvgIpc) is 3.09. The maximum Gasteiger partial charge on any atom is 0.157 e. The summed E-state index contributed by atoms with van der Waals surface area (Å²) < 4.78 is 17.0. The van der Waals surface area contributed by atoms with Crippen LogP contribution in [-0.4, -0.2) is 48.9 Å². The van der Waals surface area contributed by atoms with Crippen molar-refractivity contribution in [2.24, 2.45) is 5.92 Å². The molecule has 1 N–H and O–H groups in total. The number of thiazole rings is 1. The fourth-order valence-electron chi connectivity index (χ4n) is 2.78. The second-order valence-electron chi connectivity index (χ2n) is 7.33. The molecule has 2 heterocycles. The Morgan fingerprint density at radius 2 is 2.29 bits per heavy atom. The molecule has 28 heavy (non-hydrogen) atoms. The maximum atomic E-state index is 10.3. The molecule has 0 radical (unpaired) electrons. The van der Waals surface area contributed by atoms with Crippen LogP contribution in [0.3, 0.4) is 0 Å². The second-order valence-corrected chi connectivity index (χ2v) is 8.88. The number of aryl methyl sites for hydroxylation is 1. The van der Waals surface area contributed by atoms with Crippen LogP contribution in [0, 0.1) is 12.8 Å². The van der Waals surface area contributed by atoms with Gasteiger partial charge < -0.3 is 19.3 Å². The first-order chi connectivity index (χ1) is 13.4. The minimum Gasteiger partial charge on any atom is -0.388 e. The molecule has 5 nitrogen and oxygen atoms in total. The van der Waals surface area contributed by atoms with Crippen molar-refractivity contribution in [3.8, 4) is 0 Å². The second kappa shape index (κ2) is 12.7. The molecule has 0 saturated carbocycles. The van der Waals surface area contributed by atoms with Gasteiger partial charge in [-0.05, 0) is 51.2 Å². The predicted octanol–water partition coefficient (Wildman–Crippen LogP) is 4.92. The Bertz CT molecular complexity index is 640. The number of hydrogen-bond acceptors (Lipinski definition) is 6. The highest BCUT2D eigenvalue weighted by Gasteiger charge is 2.15. The van der Waals surface area contributed by atoms with Crippen molar-refractivity contribution < 1.29 is 19.3 Å². The van der Waals surface area contributed by atoms with Crippen LogP contribution in [0.5, 0.6) is 0 Å². The molecule has 1 aliphatic heterocycles. The van der Waals surface area contributed by atoms with E-state index in [-0.39, 0.29) is 12.2 Å².